The minimum atomic E-state index is -4.16. The molecule has 2 heterocycles. The highest BCUT2D eigenvalue weighted by Gasteiger charge is 2.27. The fraction of sp³-hybridized carbons (Fsp3) is 0.706. The van der Waals surface area contributed by atoms with Gasteiger partial charge in [-0.05, 0) is 43.3 Å². The Bertz CT molecular complexity index is 522. The standard InChI is InChI=1S/C17H27F3N4S/c1-13-5-9-24(10-6-13)14(15-4-3-11-25-15)12-23-16(21-2)22-8-7-17(18,19)20/h3-4,11,13-14H,5-10,12H2,1-2H3,(H2,21,22,23). The highest BCUT2D eigenvalue weighted by Crippen LogP contribution is 2.29. The molecule has 1 atom stereocenters. The van der Waals surface area contributed by atoms with Gasteiger partial charge in [0.25, 0.3) is 0 Å². The third kappa shape index (κ3) is 6.86. The van der Waals surface area contributed by atoms with Crippen LogP contribution in [0.15, 0.2) is 22.5 Å². The van der Waals surface area contributed by atoms with Gasteiger partial charge in [0.15, 0.2) is 5.96 Å². The van der Waals surface area contributed by atoms with Crippen molar-refractivity contribution >= 4 is 17.3 Å². The van der Waals surface area contributed by atoms with E-state index in [0.29, 0.717) is 12.5 Å². The van der Waals surface area contributed by atoms with Gasteiger partial charge in [-0.2, -0.15) is 13.2 Å². The average molecular weight is 376 g/mol. The van der Waals surface area contributed by atoms with Crippen molar-refractivity contribution in [3.8, 4) is 0 Å². The van der Waals surface area contributed by atoms with E-state index < -0.39 is 12.6 Å². The first-order valence-corrected chi connectivity index (χ1v) is 9.55. The molecule has 1 aromatic rings. The van der Waals surface area contributed by atoms with Crippen molar-refractivity contribution in [3.05, 3.63) is 22.4 Å². The number of nitrogens with zero attached hydrogens (tertiary/aromatic N) is 2. The molecule has 0 saturated carbocycles. The van der Waals surface area contributed by atoms with Gasteiger partial charge in [-0.15, -0.1) is 11.3 Å². The van der Waals surface area contributed by atoms with E-state index in [2.05, 4.69) is 38.9 Å². The van der Waals surface area contributed by atoms with Gasteiger partial charge >= 0.3 is 6.18 Å². The SMILES string of the molecule is CN=C(NCCC(F)(F)F)NCC(c1cccs1)N1CCC(C)CC1. The van der Waals surface area contributed by atoms with Gasteiger partial charge in [0.05, 0.1) is 12.5 Å². The lowest BCUT2D eigenvalue weighted by Gasteiger charge is -2.36. The van der Waals surface area contributed by atoms with Crippen LogP contribution in [0, 0.1) is 5.92 Å². The summed E-state index contributed by atoms with van der Waals surface area (Å²) in [4.78, 5) is 7.76. The Morgan fingerprint density at radius 2 is 2.08 bits per heavy atom. The van der Waals surface area contributed by atoms with Crippen molar-refractivity contribution in [1.82, 2.24) is 15.5 Å². The van der Waals surface area contributed by atoms with E-state index in [1.54, 1.807) is 18.4 Å². The first-order chi connectivity index (χ1) is 11.9. The molecule has 25 heavy (non-hydrogen) atoms. The van der Waals surface area contributed by atoms with Gasteiger partial charge in [0.2, 0.25) is 0 Å². The topological polar surface area (TPSA) is 39.7 Å². The smallest absolute Gasteiger partial charge is 0.356 e. The van der Waals surface area contributed by atoms with Crippen LogP contribution in [0.1, 0.15) is 37.1 Å². The number of rotatable bonds is 6. The summed E-state index contributed by atoms with van der Waals surface area (Å²) in [5, 5.41) is 7.99. The molecule has 2 rings (SSSR count). The number of alkyl halides is 3. The Hall–Kier alpha value is -1.28. The number of hydrogen-bond acceptors (Lipinski definition) is 3. The average Bonchev–Trinajstić information content (AvgIpc) is 3.08. The Labute approximate surface area is 151 Å². The molecular weight excluding hydrogens is 349 g/mol. The summed E-state index contributed by atoms with van der Waals surface area (Å²) < 4.78 is 36.8. The normalized spacial score (nSPS) is 19.0. The van der Waals surface area contributed by atoms with Crippen LogP contribution < -0.4 is 10.6 Å². The molecule has 142 valence electrons. The third-order valence-electron chi connectivity index (χ3n) is 4.52. The molecular formula is C17H27F3N4S. The van der Waals surface area contributed by atoms with Crippen molar-refractivity contribution < 1.29 is 13.2 Å². The molecule has 0 aromatic carbocycles. The lowest BCUT2D eigenvalue weighted by Crippen LogP contribution is -2.45. The van der Waals surface area contributed by atoms with Gasteiger partial charge in [0.1, 0.15) is 0 Å². The van der Waals surface area contributed by atoms with Gasteiger partial charge < -0.3 is 10.6 Å². The second kappa shape index (κ2) is 9.43. The molecule has 1 unspecified atom stereocenters. The first kappa shape index (κ1) is 20.0. The number of piperidine rings is 1. The number of thiophene rings is 1. The number of likely N-dealkylation sites (tertiary alicyclic amines) is 1. The predicted molar refractivity (Wildman–Crippen MR) is 97.1 cm³/mol. The Morgan fingerprint density at radius 1 is 1.36 bits per heavy atom. The summed E-state index contributed by atoms with van der Waals surface area (Å²) in [6.07, 6.45) is -2.66. The molecule has 1 aromatic heterocycles. The molecule has 0 spiro atoms. The molecule has 2 N–H and O–H groups in total. The number of hydrogen-bond donors (Lipinski definition) is 2. The number of guanidine groups is 1. The lowest BCUT2D eigenvalue weighted by molar-refractivity contribution is -0.132. The van der Waals surface area contributed by atoms with Gasteiger partial charge in [-0.25, -0.2) is 0 Å². The van der Waals surface area contributed by atoms with Crippen molar-refractivity contribution in [2.24, 2.45) is 10.9 Å². The van der Waals surface area contributed by atoms with Crippen LogP contribution in [-0.4, -0.2) is 50.3 Å². The minimum Gasteiger partial charge on any atom is -0.356 e. The second-order valence-electron chi connectivity index (χ2n) is 6.49. The van der Waals surface area contributed by atoms with Gasteiger partial charge in [0, 0.05) is 25.0 Å². The quantitative estimate of drug-likeness (QED) is 0.588. The summed E-state index contributed by atoms with van der Waals surface area (Å²) in [7, 11) is 1.58. The summed E-state index contributed by atoms with van der Waals surface area (Å²) >= 11 is 1.72. The fourth-order valence-electron chi connectivity index (χ4n) is 2.97. The highest BCUT2D eigenvalue weighted by atomic mass is 32.1. The zero-order chi connectivity index (χ0) is 18.3. The lowest BCUT2D eigenvalue weighted by atomic mass is 9.97. The monoisotopic (exact) mass is 376 g/mol. The molecule has 0 amide bonds. The van der Waals surface area contributed by atoms with E-state index >= 15 is 0 Å². The summed E-state index contributed by atoms with van der Waals surface area (Å²) in [5.74, 6) is 1.17. The van der Waals surface area contributed by atoms with E-state index in [1.807, 2.05) is 6.07 Å². The van der Waals surface area contributed by atoms with E-state index in [0.717, 1.165) is 19.0 Å². The first-order valence-electron chi connectivity index (χ1n) is 8.68. The van der Waals surface area contributed by atoms with E-state index in [4.69, 9.17) is 0 Å². The minimum absolute atomic E-state index is 0.173. The molecule has 0 bridgehead atoms. The summed E-state index contributed by atoms with van der Waals surface area (Å²) in [5.41, 5.74) is 0. The molecule has 4 nitrogen and oxygen atoms in total. The predicted octanol–water partition coefficient (Wildman–Crippen LogP) is 3.64. The maximum Gasteiger partial charge on any atom is 0.390 e. The van der Waals surface area contributed by atoms with Crippen molar-refractivity contribution in [1.29, 1.82) is 0 Å². The van der Waals surface area contributed by atoms with Crippen LogP contribution in [0.4, 0.5) is 13.2 Å². The highest BCUT2D eigenvalue weighted by molar-refractivity contribution is 7.10. The van der Waals surface area contributed by atoms with Gasteiger partial charge in [-0.3, -0.25) is 9.89 Å². The molecule has 1 aliphatic heterocycles. The zero-order valence-corrected chi connectivity index (χ0v) is 15.6. The largest absolute Gasteiger partial charge is 0.390 e. The number of nitrogens with one attached hydrogen (secondary N) is 2. The Morgan fingerprint density at radius 3 is 2.64 bits per heavy atom. The molecule has 1 saturated heterocycles. The maximum absolute atomic E-state index is 12.3. The number of halogens is 3. The van der Waals surface area contributed by atoms with Crippen molar-refractivity contribution in [2.45, 2.75) is 38.4 Å². The van der Waals surface area contributed by atoms with Crippen LogP contribution in [0.3, 0.4) is 0 Å². The van der Waals surface area contributed by atoms with Crippen molar-refractivity contribution in [2.75, 3.05) is 33.2 Å². The van der Waals surface area contributed by atoms with Crippen LogP contribution in [-0.2, 0) is 0 Å². The van der Waals surface area contributed by atoms with Crippen LogP contribution in [0.2, 0.25) is 0 Å². The summed E-state index contributed by atoms with van der Waals surface area (Å²) in [6, 6.07) is 4.37. The van der Waals surface area contributed by atoms with Crippen LogP contribution >= 0.6 is 11.3 Å². The fourth-order valence-corrected chi connectivity index (χ4v) is 3.83. The van der Waals surface area contributed by atoms with Crippen LogP contribution in [0.25, 0.3) is 0 Å². The van der Waals surface area contributed by atoms with Crippen LogP contribution in [0.5, 0.6) is 0 Å². The molecule has 0 radical (unpaired) electrons. The molecule has 1 aliphatic rings. The van der Waals surface area contributed by atoms with E-state index in [-0.39, 0.29) is 12.6 Å². The molecule has 8 heteroatoms. The van der Waals surface area contributed by atoms with E-state index in [9.17, 15) is 13.2 Å². The van der Waals surface area contributed by atoms with E-state index in [1.165, 1.54) is 17.7 Å². The third-order valence-corrected chi connectivity index (χ3v) is 5.49. The summed E-state index contributed by atoms with van der Waals surface area (Å²) in [6.45, 7) is 4.83. The Kier molecular flexibility index (Phi) is 7.56. The maximum atomic E-state index is 12.3. The number of aliphatic imine (C=N–C) groups is 1. The second-order valence-corrected chi connectivity index (χ2v) is 7.47. The molecule has 0 aliphatic carbocycles. The van der Waals surface area contributed by atoms with Crippen molar-refractivity contribution in [3.63, 3.8) is 0 Å². The zero-order valence-electron chi connectivity index (χ0n) is 14.8. The van der Waals surface area contributed by atoms with Gasteiger partial charge in [-0.1, -0.05) is 13.0 Å². The Balaban J connectivity index is 1.90. The molecule has 1 fully saturated rings.